The van der Waals surface area contributed by atoms with Crippen molar-refractivity contribution >= 4 is 23.3 Å². The predicted octanol–water partition coefficient (Wildman–Crippen LogP) is 2.85. The molecule has 1 amide bonds. The summed E-state index contributed by atoms with van der Waals surface area (Å²) < 4.78 is 5.59. The highest BCUT2D eigenvalue weighted by Crippen LogP contribution is 2.17. The van der Waals surface area contributed by atoms with Gasteiger partial charge in [0, 0.05) is 18.7 Å². The molecule has 1 aromatic heterocycles. The van der Waals surface area contributed by atoms with Crippen LogP contribution in [0.5, 0.6) is 0 Å². The monoisotopic (exact) mass is 311 g/mol. The van der Waals surface area contributed by atoms with Crippen LogP contribution in [0.3, 0.4) is 0 Å². The molecule has 5 nitrogen and oxygen atoms in total. The highest BCUT2D eigenvalue weighted by atomic mass is 35.5. The van der Waals surface area contributed by atoms with Crippen molar-refractivity contribution in [2.45, 2.75) is 45.3 Å². The van der Waals surface area contributed by atoms with Crippen molar-refractivity contribution in [2.75, 3.05) is 18.5 Å². The Hall–Kier alpha value is -1.33. The van der Waals surface area contributed by atoms with E-state index >= 15 is 0 Å². The SMILES string of the molecule is CCCNc1cc(C(=O)NC(C)C2CCCO2)cc(Cl)n1. The van der Waals surface area contributed by atoms with E-state index in [0.29, 0.717) is 16.5 Å². The van der Waals surface area contributed by atoms with Gasteiger partial charge in [-0.3, -0.25) is 4.79 Å². The van der Waals surface area contributed by atoms with E-state index < -0.39 is 0 Å². The van der Waals surface area contributed by atoms with Crippen LogP contribution in [0.4, 0.5) is 5.82 Å². The number of nitrogens with zero attached hydrogens (tertiary/aromatic N) is 1. The van der Waals surface area contributed by atoms with E-state index in [1.807, 2.05) is 6.92 Å². The average Bonchev–Trinajstić information content (AvgIpc) is 2.98. The van der Waals surface area contributed by atoms with Crippen LogP contribution in [-0.2, 0) is 4.74 Å². The van der Waals surface area contributed by atoms with E-state index in [-0.39, 0.29) is 18.1 Å². The topological polar surface area (TPSA) is 63.2 Å². The van der Waals surface area contributed by atoms with Crippen LogP contribution in [0.15, 0.2) is 12.1 Å². The molecular weight excluding hydrogens is 290 g/mol. The number of amides is 1. The van der Waals surface area contributed by atoms with Gasteiger partial charge in [0.2, 0.25) is 0 Å². The van der Waals surface area contributed by atoms with Crippen molar-refractivity contribution in [2.24, 2.45) is 0 Å². The van der Waals surface area contributed by atoms with Crippen LogP contribution >= 0.6 is 11.6 Å². The van der Waals surface area contributed by atoms with E-state index in [1.165, 1.54) is 0 Å². The first-order chi connectivity index (χ1) is 10.1. The zero-order valence-electron chi connectivity index (χ0n) is 12.5. The molecule has 116 valence electrons. The Morgan fingerprint density at radius 2 is 2.38 bits per heavy atom. The Kier molecular flexibility index (Phi) is 5.82. The van der Waals surface area contributed by atoms with Crippen LogP contribution in [0.25, 0.3) is 0 Å². The van der Waals surface area contributed by atoms with Gasteiger partial charge in [-0.1, -0.05) is 18.5 Å². The summed E-state index contributed by atoms with van der Waals surface area (Å²) in [6, 6.07) is 3.29. The molecule has 21 heavy (non-hydrogen) atoms. The van der Waals surface area contributed by atoms with Crippen LogP contribution in [0.2, 0.25) is 5.15 Å². The number of pyridine rings is 1. The van der Waals surface area contributed by atoms with Crippen LogP contribution in [0.1, 0.15) is 43.5 Å². The molecule has 1 aliphatic heterocycles. The van der Waals surface area contributed by atoms with Gasteiger partial charge in [0.1, 0.15) is 11.0 Å². The van der Waals surface area contributed by atoms with Gasteiger partial charge >= 0.3 is 0 Å². The zero-order chi connectivity index (χ0) is 15.2. The first-order valence-corrected chi connectivity index (χ1v) is 7.82. The summed E-state index contributed by atoms with van der Waals surface area (Å²) in [5, 5.41) is 6.42. The number of nitrogens with one attached hydrogen (secondary N) is 2. The zero-order valence-corrected chi connectivity index (χ0v) is 13.2. The summed E-state index contributed by atoms with van der Waals surface area (Å²) >= 11 is 5.98. The molecule has 6 heteroatoms. The molecular formula is C15H22ClN3O2. The van der Waals surface area contributed by atoms with E-state index in [1.54, 1.807) is 12.1 Å². The molecule has 2 atom stereocenters. The Morgan fingerprint density at radius 3 is 3.05 bits per heavy atom. The lowest BCUT2D eigenvalue weighted by Crippen LogP contribution is -2.40. The molecule has 1 saturated heterocycles. The summed E-state index contributed by atoms with van der Waals surface area (Å²) in [5.74, 6) is 0.473. The number of carbonyl (C=O) groups excluding carboxylic acids is 1. The fraction of sp³-hybridized carbons (Fsp3) is 0.600. The van der Waals surface area contributed by atoms with E-state index in [4.69, 9.17) is 16.3 Å². The molecule has 1 aliphatic rings. The number of anilines is 1. The maximum absolute atomic E-state index is 12.3. The second kappa shape index (κ2) is 7.61. The fourth-order valence-corrected chi connectivity index (χ4v) is 2.56. The van der Waals surface area contributed by atoms with Gasteiger partial charge in [-0.2, -0.15) is 0 Å². The standard InChI is InChI=1S/C15H22ClN3O2/c1-3-6-17-14-9-11(8-13(16)19-14)15(20)18-10(2)12-5-4-7-21-12/h8-10,12H,3-7H2,1-2H3,(H,17,19)(H,18,20). The van der Waals surface area contributed by atoms with Gasteiger partial charge in [0.15, 0.2) is 0 Å². The van der Waals surface area contributed by atoms with Gasteiger partial charge in [-0.05, 0) is 38.3 Å². The number of hydrogen-bond acceptors (Lipinski definition) is 4. The minimum Gasteiger partial charge on any atom is -0.376 e. The Labute approximate surface area is 130 Å². The normalized spacial score (nSPS) is 19.3. The van der Waals surface area contributed by atoms with Crippen molar-refractivity contribution in [1.29, 1.82) is 0 Å². The van der Waals surface area contributed by atoms with Crippen LogP contribution in [0, 0.1) is 0 Å². The minimum absolute atomic E-state index is 0.0148. The fourth-order valence-electron chi connectivity index (χ4n) is 2.35. The van der Waals surface area contributed by atoms with Crippen molar-refractivity contribution in [3.63, 3.8) is 0 Å². The number of carbonyl (C=O) groups is 1. The molecule has 2 unspecified atom stereocenters. The summed E-state index contributed by atoms with van der Waals surface area (Å²) in [7, 11) is 0. The highest BCUT2D eigenvalue weighted by molar-refractivity contribution is 6.29. The largest absolute Gasteiger partial charge is 0.376 e. The molecule has 0 spiro atoms. The van der Waals surface area contributed by atoms with Crippen molar-refractivity contribution in [3.8, 4) is 0 Å². The van der Waals surface area contributed by atoms with Gasteiger partial charge < -0.3 is 15.4 Å². The summed E-state index contributed by atoms with van der Waals surface area (Å²) in [6.45, 7) is 5.60. The number of halogens is 1. The molecule has 0 aromatic carbocycles. The van der Waals surface area contributed by atoms with Gasteiger partial charge in [0.05, 0.1) is 12.1 Å². The number of aromatic nitrogens is 1. The second-order valence-electron chi connectivity index (χ2n) is 5.30. The molecule has 1 fully saturated rings. The third kappa shape index (κ3) is 4.58. The maximum atomic E-state index is 12.3. The number of ether oxygens (including phenoxy) is 1. The number of hydrogen-bond donors (Lipinski definition) is 2. The molecule has 0 radical (unpaired) electrons. The van der Waals surface area contributed by atoms with Gasteiger partial charge in [-0.15, -0.1) is 0 Å². The average molecular weight is 312 g/mol. The smallest absolute Gasteiger partial charge is 0.251 e. The van der Waals surface area contributed by atoms with E-state index in [2.05, 4.69) is 22.5 Å². The first kappa shape index (κ1) is 16.0. The lowest BCUT2D eigenvalue weighted by atomic mass is 10.1. The predicted molar refractivity (Wildman–Crippen MR) is 83.9 cm³/mol. The first-order valence-electron chi connectivity index (χ1n) is 7.44. The quantitative estimate of drug-likeness (QED) is 0.793. The highest BCUT2D eigenvalue weighted by Gasteiger charge is 2.24. The molecule has 2 heterocycles. The minimum atomic E-state index is -0.151. The van der Waals surface area contributed by atoms with Gasteiger partial charge in [0.25, 0.3) is 5.91 Å². The molecule has 0 aliphatic carbocycles. The van der Waals surface area contributed by atoms with E-state index in [9.17, 15) is 4.79 Å². The Balaban J connectivity index is 2.02. The summed E-state index contributed by atoms with van der Waals surface area (Å²) in [6.07, 6.45) is 3.12. The molecule has 0 bridgehead atoms. The van der Waals surface area contributed by atoms with Crippen LogP contribution in [-0.4, -0.2) is 36.2 Å². The number of rotatable bonds is 6. The van der Waals surface area contributed by atoms with Crippen molar-refractivity contribution in [1.82, 2.24) is 10.3 Å². The van der Waals surface area contributed by atoms with Crippen molar-refractivity contribution < 1.29 is 9.53 Å². The maximum Gasteiger partial charge on any atom is 0.251 e. The molecule has 0 saturated carbocycles. The van der Waals surface area contributed by atoms with E-state index in [0.717, 1.165) is 32.4 Å². The summed E-state index contributed by atoms with van der Waals surface area (Å²) in [4.78, 5) is 16.5. The van der Waals surface area contributed by atoms with Gasteiger partial charge in [-0.25, -0.2) is 4.98 Å². The lowest BCUT2D eigenvalue weighted by molar-refractivity contribution is 0.0712. The van der Waals surface area contributed by atoms with Crippen LogP contribution < -0.4 is 10.6 Å². The lowest BCUT2D eigenvalue weighted by Gasteiger charge is -2.20. The molecule has 2 rings (SSSR count). The summed E-state index contributed by atoms with van der Waals surface area (Å²) in [5.41, 5.74) is 0.512. The molecule has 1 aromatic rings. The molecule has 2 N–H and O–H groups in total. The van der Waals surface area contributed by atoms with Crippen molar-refractivity contribution in [3.05, 3.63) is 22.8 Å². The Morgan fingerprint density at radius 1 is 1.57 bits per heavy atom. The third-order valence-corrected chi connectivity index (χ3v) is 3.69. The second-order valence-corrected chi connectivity index (χ2v) is 5.69. The third-order valence-electron chi connectivity index (χ3n) is 3.49. The Bertz CT molecular complexity index is 490.